The largest absolute Gasteiger partial charge is 0.497 e. The van der Waals surface area contributed by atoms with Gasteiger partial charge in [-0.05, 0) is 24.1 Å². The number of ether oxygens (including phenoxy) is 1. The highest BCUT2D eigenvalue weighted by molar-refractivity contribution is 9.10. The Morgan fingerprint density at radius 3 is 2.83 bits per heavy atom. The monoisotopic (exact) mass is 309 g/mol. The molecular formula is C13H16BrN3O. The van der Waals surface area contributed by atoms with E-state index in [-0.39, 0.29) is 0 Å². The minimum atomic E-state index is 0.545. The first-order valence-corrected chi connectivity index (χ1v) is 6.63. The summed E-state index contributed by atoms with van der Waals surface area (Å²) in [5, 5.41) is 8.20. The summed E-state index contributed by atoms with van der Waals surface area (Å²) < 4.78 is 8.30. The number of methoxy groups -OCH3 is 1. The summed E-state index contributed by atoms with van der Waals surface area (Å²) in [7, 11) is 1.66. The lowest BCUT2D eigenvalue weighted by Crippen LogP contribution is -2.05. The van der Waals surface area contributed by atoms with Crippen LogP contribution >= 0.6 is 15.9 Å². The Bertz CT molecular complexity index is 537. The molecule has 2 rings (SSSR count). The van der Waals surface area contributed by atoms with Gasteiger partial charge in [-0.3, -0.25) is 0 Å². The van der Waals surface area contributed by atoms with Gasteiger partial charge in [0, 0.05) is 16.6 Å². The molecule has 1 aromatic carbocycles. The fraction of sp³-hybridized carbons (Fsp3) is 0.385. The molecule has 1 heterocycles. The highest BCUT2D eigenvalue weighted by Gasteiger charge is 2.12. The van der Waals surface area contributed by atoms with E-state index in [4.69, 9.17) is 4.74 Å². The summed E-state index contributed by atoms with van der Waals surface area (Å²) in [5.41, 5.74) is 0.993. The molecule has 2 aromatic rings. The zero-order valence-electron chi connectivity index (χ0n) is 10.7. The van der Waals surface area contributed by atoms with E-state index in [1.165, 1.54) is 0 Å². The van der Waals surface area contributed by atoms with Crippen LogP contribution < -0.4 is 4.74 Å². The quantitative estimate of drug-likeness (QED) is 0.869. The first kappa shape index (κ1) is 13.1. The Kier molecular flexibility index (Phi) is 4.01. The Morgan fingerprint density at radius 2 is 2.17 bits per heavy atom. The lowest BCUT2D eigenvalue weighted by atomic mass is 10.2. The third-order valence-corrected chi connectivity index (χ3v) is 3.28. The van der Waals surface area contributed by atoms with Crippen LogP contribution in [-0.4, -0.2) is 21.9 Å². The van der Waals surface area contributed by atoms with Gasteiger partial charge in [0.15, 0.2) is 5.82 Å². The Hall–Kier alpha value is -1.36. The van der Waals surface area contributed by atoms with Crippen molar-refractivity contribution in [1.82, 2.24) is 14.8 Å². The smallest absolute Gasteiger partial charge is 0.165 e. The van der Waals surface area contributed by atoms with Gasteiger partial charge in [-0.15, -0.1) is 10.2 Å². The predicted octanol–water partition coefficient (Wildman–Crippen LogP) is 3.37. The molecule has 0 aliphatic carbocycles. The zero-order chi connectivity index (χ0) is 13.1. The highest BCUT2D eigenvalue weighted by Crippen LogP contribution is 2.30. The zero-order valence-corrected chi connectivity index (χ0v) is 12.3. The second-order valence-electron chi connectivity index (χ2n) is 4.55. The Labute approximate surface area is 115 Å². The number of rotatable bonds is 4. The van der Waals surface area contributed by atoms with Crippen molar-refractivity contribution in [2.75, 3.05) is 7.11 Å². The maximum atomic E-state index is 5.25. The molecule has 4 nitrogen and oxygen atoms in total. The van der Waals surface area contributed by atoms with Crippen LogP contribution in [0.1, 0.15) is 13.8 Å². The van der Waals surface area contributed by atoms with E-state index in [1.54, 1.807) is 13.4 Å². The summed E-state index contributed by atoms with van der Waals surface area (Å²) in [6.07, 6.45) is 1.77. The molecule has 0 saturated heterocycles. The minimum Gasteiger partial charge on any atom is -0.497 e. The summed E-state index contributed by atoms with van der Waals surface area (Å²) in [6, 6.07) is 5.84. The van der Waals surface area contributed by atoms with Crippen LogP contribution in [0.25, 0.3) is 11.4 Å². The van der Waals surface area contributed by atoms with Crippen LogP contribution in [0.5, 0.6) is 5.75 Å². The summed E-state index contributed by atoms with van der Waals surface area (Å²) in [5.74, 6) is 2.21. The number of nitrogens with zero attached hydrogens (tertiary/aromatic N) is 3. The standard InChI is InChI=1S/C13H16BrN3O/c1-9(2)7-17-8-15-16-13(17)11-6-10(18-3)4-5-12(11)14/h4-6,8-9H,7H2,1-3H3. The number of halogens is 1. The normalized spacial score (nSPS) is 10.9. The Morgan fingerprint density at radius 1 is 1.39 bits per heavy atom. The molecule has 18 heavy (non-hydrogen) atoms. The number of aromatic nitrogens is 3. The van der Waals surface area contributed by atoms with Crippen molar-refractivity contribution in [2.24, 2.45) is 5.92 Å². The molecule has 0 atom stereocenters. The van der Waals surface area contributed by atoms with E-state index in [0.29, 0.717) is 5.92 Å². The van der Waals surface area contributed by atoms with E-state index in [2.05, 4.69) is 44.5 Å². The fourth-order valence-corrected chi connectivity index (χ4v) is 2.22. The number of hydrogen-bond acceptors (Lipinski definition) is 3. The van der Waals surface area contributed by atoms with E-state index in [1.807, 2.05) is 18.2 Å². The van der Waals surface area contributed by atoms with Crippen LogP contribution in [0.4, 0.5) is 0 Å². The van der Waals surface area contributed by atoms with Crippen LogP contribution in [0, 0.1) is 5.92 Å². The van der Waals surface area contributed by atoms with Gasteiger partial charge >= 0.3 is 0 Å². The first-order chi connectivity index (χ1) is 8.61. The first-order valence-electron chi connectivity index (χ1n) is 5.83. The van der Waals surface area contributed by atoms with Crippen molar-refractivity contribution >= 4 is 15.9 Å². The third-order valence-electron chi connectivity index (χ3n) is 2.59. The fourth-order valence-electron chi connectivity index (χ4n) is 1.79. The molecule has 0 unspecified atom stereocenters. The second kappa shape index (κ2) is 5.52. The molecule has 0 bridgehead atoms. The number of hydrogen-bond donors (Lipinski definition) is 0. The van der Waals surface area contributed by atoms with Gasteiger partial charge < -0.3 is 9.30 Å². The topological polar surface area (TPSA) is 39.9 Å². The summed E-state index contributed by atoms with van der Waals surface area (Å²) in [4.78, 5) is 0. The van der Waals surface area contributed by atoms with Crippen molar-refractivity contribution in [2.45, 2.75) is 20.4 Å². The lowest BCUT2D eigenvalue weighted by Gasteiger charge is -2.11. The molecule has 96 valence electrons. The molecule has 1 aromatic heterocycles. The van der Waals surface area contributed by atoms with Crippen molar-refractivity contribution in [3.63, 3.8) is 0 Å². The molecule has 0 saturated carbocycles. The minimum absolute atomic E-state index is 0.545. The highest BCUT2D eigenvalue weighted by atomic mass is 79.9. The number of benzene rings is 1. The second-order valence-corrected chi connectivity index (χ2v) is 5.40. The van der Waals surface area contributed by atoms with Crippen LogP contribution in [-0.2, 0) is 6.54 Å². The summed E-state index contributed by atoms with van der Waals surface area (Å²) in [6.45, 7) is 5.24. The summed E-state index contributed by atoms with van der Waals surface area (Å²) >= 11 is 3.54. The van der Waals surface area contributed by atoms with E-state index in [0.717, 1.165) is 28.2 Å². The van der Waals surface area contributed by atoms with Gasteiger partial charge in [0.25, 0.3) is 0 Å². The molecule has 0 aliphatic heterocycles. The molecule has 0 spiro atoms. The van der Waals surface area contributed by atoms with Gasteiger partial charge in [0.2, 0.25) is 0 Å². The molecule has 0 amide bonds. The molecule has 0 radical (unpaired) electrons. The van der Waals surface area contributed by atoms with Gasteiger partial charge in [-0.2, -0.15) is 0 Å². The van der Waals surface area contributed by atoms with Crippen LogP contribution in [0.3, 0.4) is 0 Å². The van der Waals surface area contributed by atoms with Crippen molar-refractivity contribution < 1.29 is 4.74 Å². The van der Waals surface area contributed by atoms with Gasteiger partial charge in [-0.1, -0.05) is 29.8 Å². The molecule has 0 aliphatic rings. The predicted molar refractivity (Wildman–Crippen MR) is 74.5 cm³/mol. The van der Waals surface area contributed by atoms with Crippen molar-refractivity contribution in [3.8, 4) is 17.1 Å². The Balaban J connectivity index is 2.45. The van der Waals surface area contributed by atoms with Crippen molar-refractivity contribution in [3.05, 3.63) is 29.0 Å². The van der Waals surface area contributed by atoms with E-state index >= 15 is 0 Å². The molecule has 5 heteroatoms. The third kappa shape index (κ3) is 2.72. The van der Waals surface area contributed by atoms with Crippen LogP contribution in [0.15, 0.2) is 29.0 Å². The van der Waals surface area contributed by atoms with E-state index in [9.17, 15) is 0 Å². The van der Waals surface area contributed by atoms with E-state index < -0.39 is 0 Å². The van der Waals surface area contributed by atoms with Crippen LogP contribution in [0.2, 0.25) is 0 Å². The van der Waals surface area contributed by atoms with Gasteiger partial charge in [0.1, 0.15) is 12.1 Å². The molecular weight excluding hydrogens is 294 g/mol. The SMILES string of the molecule is COc1ccc(Br)c(-c2nncn2CC(C)C)c1. The lowest BCUT2D eigenvalue weighted by molar-refractivity contribution is 0.415. The molecule has 0 N–H and O–H groups in total. The average molecular weight is 310 g/mol. The van der Waals surface area contributed by atoms with Gasteiger partial charge in [-0.25, -0.2) is 0 Å². The molecule has 0 fully saturated rings. The van der Waals surface area contributed by atoms with Crippen molar-refractivity contribution in [1.29, 1.82) is 0 Å². The maximum absolute atomic E-state index is 5.25. The van der Waals surface area contributed by atoms with Gasteiger partial charge in [0.05, 0.1) is 7.11 Å². The average Bonchev–Trinajstić information content (AvgIpc) is 2.77. The maximum Gasteiger partial charge on any atom is 0.165 e.